The minimum Gasteiger partial charge on any atom is -0.497 e. The first-order chi connectivity index (χ1) is 11.5. The maximum Gasteiger partial charge on any atom is 0.339 e. The molecule has 0 heterocycles. The van der Waals surface area contributed by atoms with Crippen LogP contribution in [0.1, 0.15) is 15.9 Å². The number of benzene rings is 2. The number of carboxylic acids is 1. The monoisotopic (exact) mass is 349 g/mol. The predicted molar refractivity (Wildman–Crippen MR) is 88.7 cm³/mol. The van der Waals surface area contributed by atoms with E-state index in [1.165, 1.54) is 19.2 Å². The molecule has 1 amide bonds. The molecule has 0 unspecified atom stereocenters. The van der Waals surface area contributed by atoms with Gasteiger partial charge in [0, 0.05) is 11.6 Å². The van der Waals surface area contributed by atoms with Gasteiger partial charge in [-0.3, -0.25) is 4.79 Å². The van der Waals surface area contributed by atoms with E-state index in [9.17, 15) is 14.7 Å². The van der Waals surface area contributed by atoms with E-state index < -0.39 is 5.97 Å². The highest BCUT2D eigenvalue weighted by Gasteiger charge is 2.14. The van der Waals surface area contributed by atoms with Crippen LogP contribution >= 0.6 is 11.6 Å². The molecule has 0 aliphatic carbocycles. The van der Waals surface area contributed by atoms with Gasteiger partial charge >= 0.3 is 5.97 Å². The van der Waals surface area contributed by atoms with Gasteiger partial charge in [-0.15, -0.1) is 0 Å². The Labute approximate surface area is 144 Å². The molecule has 2 N–H and O–H groups in total. The Morgan fingerprint density at radius 3 is 2.50 bits per heavy atom. The average Bonchev–Trinajstić information content (AvgIpc) is 2.59. The van der Waals surface area contributed by atoms with E-state index in [-0.39, 0.29) is 23.8 Å². The highest BCUT2D eigenvalue weighted by molar-refractivity contribution is 6.30. The van der Waals surface area contributed by atoms with Crippen LogP contribution in [0.5, 0.6) is 11.5 Å². The number of hydrogen-bond acceptors (Lipinski definition) is 4. The highest BCUT2D eigenvalue weighted by Crippen LogP contribution is 2.24. The number of carboxylic acid groups (broad SMARTS) is 1. The Hall–Kier alpha value is -2.73. The summed E-state index contributed by atoms with van der Waals surface area (Å²) < 4.78 is 10.3. The summed E-state index contributed by atoms with van der Waals surface area (Å²) in [5.41, 5.74) is 0.822. The van der Waals surface area contributed by atoms with Crippen LogP contribution in [0.15, 0.2) is 42.5 Å². The van der Waals surface area contributed by atoms with Gasteiger partial charge in [-0.1, -0.05) is 23.7 Å². The van der Waals surface area contributed by atoms with Crippen LogP contribution < -0.4 is 14.8 Å². The van der Waals surface area contributed by atoms with Crippen molar-refractivity contribution in [2.75, 3.05) is 13.7 Å². The summed E-state index contributed by atoms with van der Waals surface area (Å²) in [4.78, 5) is 23.1. The van der Waals surface area contributed by atoms with E-state index in [2.05, 4.69) is 5.32 Å². The van der Waals surface area contributed by atoms with E-state index in [0.717, 1.165) is 5.56 Å². The van der Waals surface area contributed by atoms with Crippen molar-refractivity contribution in [3.63, 3.8) is 0 Å². The van der Waals surface area contributed by atoms with Gasteiger partial charge in [0.05, 0.1) is 7.11 Å². The fourth-order valence-corrected chi connectivity index (χ4v) is 2.05. The third-order valence-electron chi connectivity index (χ3n) is 3.18. The average molecular weight is 350 g/mol. The number of halogens is 1. The number of carbonyl (C=O) groups excluding carboxylic acids is 1. The Morgan fingerprint density at radius 1 is 1.17 bits per heavy atom. The minimum absolute atomic E-state index is 0.0696. The zero-order valence-electron chi connectivity index (χ0n) is 12.9. The zero-order chi connectivity index (χ0) is 17.5. The molecule has 24 heavy (non-hydrogen) atoms. The molecule has 0 aromatic heterocycles. The summed E-state index contributed by atoms with van der Waals surface area (Å²) in [6.45, 7) is 0.0357. The van der Waals surface area contributed by atoms with Crippen molar-refractivity contribution in [2.24, 2.45) is 0 Å². The number of hydrogen-bond donors (Lipinski definition) is 2. The van der Waals surface area contributed by atoms with Gasteiger partial charge in [-0.2, -0.15) is 0 Å². The molecule has 126 valence electrons. The zero-order valence-corrected chi connectivity index (χ0v) is 13.7. The molecule has 0 fully saturated rings. The van der Waals surface area contributed by atoms with Crippen molar-refractivity contribution in [1.29, 1.82) is 0 Å². The van der Waals surface area contributed by atoms with Crippen LogP contribution in [0.25, 0.3) is 0 Å². The maximum atomic E-state index is 11.8. The van der Waals surface area contributed by atoms with Crippen molar-refractivity contribution < 1.29 is 24.2 Å². The topological polar surface area (TPSA) is 84.9 Å². The third kappa shape index (κ3) is 4.89. The number of amides is 1. The van der Waals surface area contributed by atoms with Crippen LogP contribution in [-0.4, -0.2) is 30.7 Å². The number of rotatable bonds is 7. The molecule has 0 atom stereocenters. The number of aromatic carboxylic acids is 1. The predicted octanol–water partition coefficient (Wildman–Crippen LogP) is 2.74. The van der Waals surface area contributed by atoms with Gasteiger partial charge in [0.15, 0.2) is 6.61 Å². The fourth-order valence-electron chi connectivity index (χ4n) is 1.93. The molecule has 2 aromatic rings. The second-order valence-corrected chi connectivity index (χ2v) is 5.30. The number of nitrogens with one attached hydrogen (secondary N) is 1. The van der Waals surface area contributed by atoms with Crippen LogP contribution in [0, 0.1) is 0 Å². The second kappa shape index (κ2) is 8.21. The van der Waals surface area contributed by atoms with E-state index >= 15 is 0 Å². The molecule has 2 rings (SSSR count). The maximum absolute atomic E-state index is 11.8. The van der Waals surface area contributed by atoms with Gasteiger partial charge in [0.1, 0.15) is 17.1 Å². The molecule has 0 bridgehead atoms. The third-order valence-corrected chi connectivity index (χ3v) is 3.43. The summed E-state index contributed by atoms with van der Waals surface area (Å²) in [5.74, 6) is -1.03. The number of methoxy groups -OCH3 is 1. The number of ether oxygens (including phenoxy) is 2. The molecule has 7 heteroatoms. The molecule has 0 aliphatic rings. The lowest BCUT2D eigenvalue weighted by Gasteiger charge is -2.11. The Balaban J connectivity index is 1.91. The lowest BCUT2D eigenvalue weighted by Crippen LogP contribution is -2.28. The molecule has 6 nitrogen and oxygen atoms in total. The molecule has 0 spiro atoms. The first kappa shape index (κ1) is 17.6. The van der Waals surface area contributed by atoms with E-state index in [0.29, 0.717) is 17.3 Å². The van der Waals surface area contributed by atoms with Gasteiger partial charge in [0.25, 0.3) is 5.91 Å². The van der Waals surface area contributed by atoms with Crippen LogP contribution in [0.4, 0.5) is 0 Å². The Bertz CT molecular complexity index is 730. The molecular weight excluding hydrogens is 334 g/mol. The lowest BCUT2D eigenvalue weighted by molar-refractivity contribution is -0.123. The van der Waals surface area contributed by atoms with E-state index in [1.54, 1.807) is 30.3 Å². The summed E-state index contributed by atoms with van der Waals surface area (Å²) in [6.07, 6.45) is 0. The van der Waals surface area contributed by atoms with Crippen molar-refractivity contribution in [3.8, 4) is 11.5 Å². The quantitative estimate of drug-likeness (QED) is 0.802. The van der Waals surface area contributed by atoms with Crippen molar-refractivity contribution >= 4 is 23.5 Å². The molecule has 0 saturated heterocycles. The highest BCUT2D eigenvalue weighted by atomic mass is 35.5. The first-order valence-corrected chi connectivity index (χ1v) is 7.42. The van der Waals surface area contributed by atoms with Crippen molar-refractivity contribution in [2.45, 2.75) is 6.54 Å². The minimum atomic E-state index is -1.16. The lowest BCUT2D eigenvalue weighted by atomic mass is 10.2. The largest absolute Gasteiger partial charge is 0.497 e. The molecule has 0 saturated carbocycles. The normalized spacial score (nSPS) is 10.1. The summed E-state index contributed by atoms with van der Waals surface area (Å²) in [7, 11) is 1.44. The van der Waals surface area contributed by atoms with Crippen LogP contribution in [-0.2, 0) is 11.3 Å². The molecular formula is C17H16ClNO5. The molecule has 0 radical (unpaired) electrons. The molecule has 2 aromatic carbocycles. The summed E-state index contributed by atoms with van der Waals surface area (Å²) in [5, 5.41) is 12.5. The van der Waals surface area contributed by atoms with Gasteiger partial charge in [-0.05, 0) is 35.9 Å². The van der Waals surface area contributed by atoms with Gasteiger partial charge < -0.3 is 19.9 Å². The van der Waals surface area contributed by atoms with Crippen LogP contribution in [0.2, 0.25) is 5.02 Å². The Morgan fingerprint density at radius 2 is 1.88 bits per heavy atom. The summed E-state index contributed by atoms with van der Waals surface area (Å²) >= 11 is 5.79. The molecule has 0 aliphatic heterocycles. The summed E-state index contributed by atoms with van der Waals surface area (Å²) in [6, 6.07) is 11.4. The Kier molecular flexibility index (Phi) is 6.03. The second-order valence-electron chi connectivity index (χ2n) is 4.86. The van der Waals surface area contributed by atoms with Crippen molar-refractivity contribution in [1.82, 2.24) is 5.32 Å². The fraction of sp³-hybridized carbons (Fsp3) is 0.176. The van der Waals surface area contributed by atoms with Crippen molar-refractivity contribution in [3.05, 3.63) is 58.6 Å². The van der Waals surface area contributed by atoms with E-state index in [4.69, 9.17) is 21.1 Å². The SMILES string of the molecule is COc1ccc(OCC(=O)NCc2ccc(Cl)cc2)c(C(=O)O)c1. The first-order valence-electron chi connectivity index (χ1n) is 7.05. The van der Waals surface area contributed by atoms with E-state index in [1.807, 2.05) is 0 Å². The van der Waals surface area contributed by atoms with Gasteiger partial charge in [-0.25, -0.2) is 4.79 Å². The standard InChI is InChI=1S/C17H16ClNO5/c1-23-13-6-7-15(14(8-13)17(21)22)24-10-16(20)19-9-11-2-4-12(18)5-3-11/h2-8H,9-10H2,1H3,(H,19,20)(H,21,22). The number of carbonyl (C=O) groups is 2. The van der Waals surface area contributed by atoms with Gasteiger partial charge in [0.2, 0.25) is 0 Å². The smallest absolute Gasteiger partial charge is 0.339 e. The van der Waals surface area contributed by atoms with Crippen LogP contribution in [0.3, 0.4) is 0 Å².